The van der Waals surface area contributed by atoms with Crippen molar-refractivity contribution in [3.8, 4) is 5.75 Å². The third-order valence-corrected chi connectivity index (χ3v) is 4.07. The minimum absolute atomic E-state index is 0.0802. The number of aromatic amines is 1. The zero-order chi connectivity index (χ0) is 17.4. The molecule has 0 fully saturated rings. The van der Waals surface area contributed by atoms with E-state index in [9.17, 15) is 9.90 Å². The maximum absolute atomic E-state index is 12.4. The summed E-state index contributed by atoms with van der Waals surface area (Å²) in [7, 11) is 0. The molecule has 23 heavy (non-hydrogen) atoms. The van der Waals surface area contributed by atoms with Crippen LogP contribution in [0, 0.1) is 0 Å². The van der Waals surface area contributed by atoms with Gasteiger partial charge in [0.1, 0.15) is 5.75 Å². The van der Waals surface area contributed by atoms with Gasteiger partial charge in [0.05, 0.1) is 0 Å². The van der Waals surface area contributed by atoms with E-state index in [1.165, 1.54) is 0 Å². The average Bonchev–Trinajstić information content (AvgIpc) is 2.91. The zero-order valence-corrected chi connectivity index (χ0v) is 14.9. The number of ketones is 1. The third-order valence-electron chi connectivity index (χ3n) is 4.07. The summed E-state index contributed by atoms with van der Waals surface area (Å²) in [5, 5.41) is 10.7. The predicted molar refractivity (Wildman–Crippen MR) is 94.3 cm³/mol. The fourth-order valence-electron chi connectivity index (χ4n) is 2.72. The van der Waals surface area contributed by atoms with E-state index in [4.69, 9.17) is 0 Å². The zero-order valence-electron chi connectivity index (χ0n) is 14.9. The average molecular weight is 313 g/mol. The molecule has 0 spiro atoms. The van der Waals surface area contributed by atoms with Crippen molar-refractivity contribution < 1.29 is 9.90 Å². The van der Waals surface area contributed by atoms with Gasteiger partial charge >= 0.3 is 0 Å². The second-order valence-corrected chi connectivity index (χ2v) is 8.24. The van der Waals surface area contributed by atoms with E-state index in [-0.39, 0.29) is 16.6 Å². The summed E-state index contributed by atoms with van der Waals surface area (Å²) in [6.45, 7) is 12.5. The predicted octanol–water partition coefficient (Wildman–Crippen LogP) is 4.74. The van der Waals surface area contributed by atoms with E-state index in [1.54, 1.807) is 18.5 Å². The standard InChI is InChI=1S/C20H27NO2/c1-19(2,3)15-9-13(10-16(18(15)23)20(4,5)6)11-17(22)14-7-8-21-12-14/h7-10,12,21,23H,11H2,1-6H3. The molecule has 0 aliphatic carbocycles. The number of H-pyrrole nitrogens is 1. The van der Waals surface area contributed by atoms with Gasteiger partial charge in [-0.1, -0.05) is 53.7 Å². The van der Waals surface area contributed by atoms with Gasteiger partial charge in [-0.05, 0) is 33.6 Å². The summed E-state index contributed by atoms with van der Waals surface area (Å²) < 4.78 is 0. The number of aromatic hydroxyl groups is 1. The van der Waals surface area contributed by atoms with Gasteiger partial charge in [-0.25, -0.2) is 0 Å². The number of hydrogen-bond acceptors (Lipinski definition) is 2. The number of phenols is 1. The number of Topliss-reactive ketones (excluding diaryl/α,β-unsaturated/α-hetero) is 1. The van der Waals surface area contributed by atoms with E-state index >= 15 is 0 Å². The number of rotatable bonds is 3. The largest absolute Gasteiger partial charge is 0.507 e. The van der Waals surface area contributed by atoms with Crippen molar-refractivity contribution in [3.63, 3.8) is 0 Å². The molecule has 0 saturated heterocycles. The lowest BCUT2D eigenvalue weighted by atomic mass is 9.78. The van der Waals surface area contributed by atoms with Gasteiger partial charge in [0.2, 0.25) is 0 Å². The van der Waals surface area contributed by atoms with Gasteiger partial charge < -0.3 is 10.1 Å². The fourth-order valence-corrected chi connectivity index (χ4v) is 2.72. The number of aromatic nitrogens is 1. The molecule has 3 nitrogen and oxygen atoms in total. The highest BCUT2D eigenvalue weighted by molar-refractivity contribution is 5.97. The summed E-state index contributed by atoms with van der Waals surface area (Å²) in [5.41, 5.74) is 3.05. The van der Waals surface area contributed by atoms with Gasteiger partial charge in [-0.2, -0.15) is 0 Å². The molecule has 1 aromatic heterocycles. The monoisotopic (exact) mass is 313 g/mol. The van der Waals surface area contributed by atoms with Crippen molar-refractivity contribution in [2.75, 3.05) is 0 Å². The molecule has 3 heteroatoms. The first-order valence-electron chi connectivity index (χ1n) is 8.03. The van der Waals surface area contributed by atoms with E-state index < -0.39 is 0 Å². The van der Waals surface area contributed by atoms with Gasteiger partial charge in [-0.3, -0.25) is 4.79 Å². The van der Waals surface area contributed by atoms with Crippen LogP contribution in [0.4, 0.5) is 0 Å². The van der Waals surface area contributed by atoms with Crippen molar-refractivity contribution in [1.82, 2.24) is 4.98 Å². The Kier molecular flexibility index (Phi) is 4.43. The lowest BCUT2D eigenvalue weighted by Crippen LogP contribution is -2.18. The van der Waals surface area contributed by atoms with E-state index in [0.717, 1.165) is 16.7 Å². The molecule has 2 rings (SSSR count). The summed E-state index contributed by atoms with van der Waals surface area (Å²) in [4.78, 5) is 15.3. The lowest BCUT2D eigenvalue weighted by molar-refractivity contribution is 0.0993. The van der Waals surface area contributed by atoms with E-state index in [0.29, 0.717) is 17.7 Å². The third kappa shape index (κ3) is 3.84. The van der Waals surface area contributed by atoms with E-state index in [2.05, 4.69) is 46.5 Å². The Hall–Kier alpha value is -2.03. The van der Waals surface area contributed by atoms with Crippen LogP contribution in [-0.4, -0.2) is 15.9 Å². The van der Waals surface area contributed by atoms with Crippen LogP contribution in [0.1, 0.15) is 68.6 Å². The number of hydrogen-bond donors (Lipinski definition) is 2. The SMILES string of the molecule is CC(C)(C)c1cc(CC(=O)c2cc[nH]c2)cc(C(C)(C)C)c1O. The van der Waals surface area contributed by atoms with Crippen LogP contribution in [0.5, 0.6) is 5.75 Å². The molecule has 2 aromatic rings. The topological polar surface area (TPSA) is 53.1 Å². The summed E-state index contributed by atoms with van der Waals surface area (Å²) >= 11 is 0. The molecule has 0 unspecified atom stereocenters. The molecule has 0 atom stereocenters. The van der Waals surface area contributed by atoms with Crippen LogP contribution in [0.2, 0.25) is 0 Å². The Morgan fingerprint density at radius 1 is 1.04 bits per heavy atom. The second kappa shape index (κ2) is 5.88. The molecule has 2 N–H and O–H groups in total. The van der Waals surface area contributed by atoms with Gasteiger partial charge in [-0.15, -0.1) is 0 Å². The van der Waals surface area contributed by atoms with Crippen molar-refractivity contribution >= 4 is 5.78 Å². The molecule has 0 bridgehead atoms. The van der Waals surface area contributed by atoms with Gasteiger partial charge in [0.15, 0.2) is 5.78 Å². The lowest BCUT2D eigenvalue weighted by Gasteiger charge is -2.28. The number of carbonyl (C=O) groups is 1. The molecule has 1 heterocycles. The summed E-state index contributed by atoms with van der Waals surface area (Å²) in [5.74, 6) is 0.430. The molecule has 0 aliphatic heterocycles. The van der Waals surface area contributed by atoms with Crippen molar-refractivity contribution in [1.29, 1.82) is 0 Å². The minimum Gasteiger partial charge on any atom is -0.507 e. The Morgan fingerprint density at radius 3 is 1.96 bits per heavy atom. The second-order valence-electron chi connectivity index (χ2n) is 8.24. The van der Waals surface area contributed by atoms with Gasteiger partial charge in [0.25, 0.3) is 0 Å². The number of benzene rings is 1. The number of nitrogens with one attached hydrogen (secondary N) is 1. The smallest absolute Gasteiger partial charge is 0.168 e. The van der Waals surface area contributed by atoms with Crippen LogP contribution in [0.15, 0.2) is 30.6 Å². The highest BCUT2D eigenvalue weighted by Gasteiger charge is 2.26. The van der Waals surface area contributed by atoms with Crippen molar-refractivity contribution in [2.45, 2.75) is 58.8 Å². The molecule has 0 amide bonds. The maximum atomic E-state index is 12.4. The molecule has 1 aromatic carbocycles. The normalized spacial score (nSPS) is 12.4. The van der Waals surface area contributed by atoms with E-state index in [1.807, 2.05) is 12.1 Å². The molecule has 0 radical (unpaired) electrons. The Balaban J connectivity index is 2.50. The number of carbonyl (C=O) groups excluding carboxylic acids is 1. The van der Waals surface area contributed by atoms with Crippen LogP contribution >= 0.6 is 0 Å². The van der Waals surface area contributed by atoms with Crippen molar-refractivity contribution in [2.24, 2.45) is 0 Å². The summed E-state index contributed by atoms with van der Waals surface area (Å²) in [6.07, 6.45) is 3.81. The van der Waals surface area contributed by atoms with Crippen LogP contribution in [-0.2, 0) is 17.3 Å². The molecule has 0 aliphatic rings. The first-order valence-corrected chi connectivity index (χ1v) is 8.03. The van der Waals surface area contributed by atoms with Crippen LogP contribution in [0.3, 0.4) is 0 Å². The van der Waals surface area contributed by atoms with Gasteiger partial charge in [0, 0.05) is 24.4 Å². The Labute approximate surface area is 138 Å². The van der Waals surface area contributed by atoms with Crippen LogP contribution < -0.4 is 0 Å². The highest BCUT2D eigenvalue weighted by atomic mass is 16.3. The molecule has 124 valence electrons. The number of phenolic OH excluding ortho intramolecular Hbond substituents is 1. The summed E-state index contributed by atoms with van der Waals surface area (Å²) in [6, 6.07) is 5.72. The van der Waals surface area contributed by atoms with Crippen LogP contribution in [0.25, 0.3) is 0 Å². The highest BCUT2D eigenvalue weighted by Crippen LogP contribution is 2.39. The fraction of sp³-hybridized carbons (Fsp3) is 0.450. The maximum Gasteiger partial charge on any atom is 0.168 e. The minimum atomic E-state index is -0.183. The molecular formula is C20H27NO2. The Morgan fingerprint density at radius 2 is 1.57 bits per heavy atom. The Bertz CT molecular complexity index is 663. The quantitative estimate of drug-likeness (QED) is 0.804. The molecule has 0 saturated carbocycles. The first-order chi connectivity index (χ1) is 10.5. The molecular weight excluding hydrogens is 286 g/mol. The van der Waals surface area contributed by atoms with Crippen molar-refractivity contribution in [3.05, 3.63) is 52.8 Å². The first kappa shape index (κ1) is 17.3.